The number of nitrogens with zero attached hydrogens (tertiary/aromatic N) is 6. The van der Waals surface area contributed by atoms with Gasteiger partial charge in [-0.05, 0) is 18.1 Å². The van der Waals surface area contributed by atoms with Crippen molar-refractivity contribution < 1.29 is 0 Å². The monoisotopic (exact) mass is 333 g/mol. The molecule has 4 aromatic heterocycles. The molecule has 7 heteroatoms. The van der Waals surface area contributed by atoms with Crippen LogP contribution in [0.2, 0.25) is 0 Å². The van der Waals surface area contributed by atoms with Gasteiger partial charge in [-0.15, -0.1) is 5.10 Å². The molecule has 7 nitrogen and oxygen atoms in total. The average molecular weight is 333 g/mol. The summed E-state index contributed by atoms with van der Waals surface area (Å²) >= 11 is 0. The maximum Gasteiger partial charge on any atom is 0.238 e. The van der Waals surface area contributed by atoms with E-state index in [0.29, 0.717) is 5.65 Å². The zero-order valence-electron chi connectivity index (χ0n) is 14.0. The van der Waals surface area contributed by atoms with Crippen LogP contribution in [0.3, 0.4) is 0 Å². The number of hydrogen-bond acceptors (Lipinski definition) is 6. The molecule has 0 saturated heterocycles. The molecule has 1 aliphatic carbocycles. The number of anilines is 1. The summed E-state index contributed by atoms with van der Waals surface area (Å²) in [6, 6.07) is 3.89. The molecule has 2 N–H and O–H groups in total. The Morgan fingerprint density at radius 2 is 1.88 bits per heavy atom. The molecule has 1 fully saturated rings. The van der Waals surface area contributed by atoms with Crippen molar-refractivity contribution in [2.75, 3.05) is 5.73 Å². The van der Waals surface area contributed by atoms with E-state index in [4.69, 9.17) is 5.73 Å². The predicted octanol–water partition coefficient (Wildman–Crippen LogP) is 3.12. The van der Waals surface area contributed by atoms with Gasteiger partial charge in [-0.25, -0.2) is 19.5 Å². The lowest BCUT2D eigenvalue weighted by atomic mass is 9.88. The first-order valence-electron chi connectivity index (χ1n) is 8.38. The van der Waals surface area contributed by atoms with Crippen LogP contribution in [0.25, 0.3) is 27.8 Å². The van der Waals surface area contributed by atoms with E-state index in [1.54, 1.807) is 29.3 Å². The minimum atomic E-state index is 0.238. The number of nitrogens with two attached hydrogens (primary N) is 1. The van der Waals surface area contributed by atoms with Crippen molar-refractivity contribution in [2.24, 2.45) is 5.92 Å². The smallest absolute Gasteiger partial charge is 0.238 e. The molecular weight excluding hydrogens is 314 g/mol. The fourth-order valence-electron chi connectivity index (χ4n) is 2.78. The van der Waals surface area contributed by atoms with E-state index in [1.165, 1.54) is 19.3 Å². The molecule has 25 heavy (non-hydrogen) atoms. The molecule has 1 aliphatic rings. The minimum absolute atomic E-state index is 0.238. The molecule has 0 amide bonds. The van der Waals surface area contributed by atoms with E-state index in [1.807, 2.05) is 18.3 Å². The van der Waals surface area contributed by atoms with Gasteiger partial charge in [-0.1, -0.05) is 26.2 Å². The third-order valence-electron chi connectivity index (χ3n) is 4.46. The van der Waals surface area contributed by atoms with Gasteiger partial charge in [0.25, 0.3) is 0 Å². The Morgan fingerprint density at radius 3 is 2.64 bits per heavy atom. The first kappa shape index (κ1) is 15.4. The van der Waals surface area contributed by atoms with Gasteiger partial charge in [0.1, 0.15) is 5.52 Å². The summed E-state index contributed by atoms with van der Waals surface area (Å²) in [6.45, 7) is 2.31. The van der Waals surface area contributed by atoms with Gasteiger partial charge in [-0.2, -0.15) is 0 Å². The number of hydrogen-bond donors (Lipinski definition) is 1. The van der Waals surface area contributed by atoms with Gasteiger partial charge in [0.15, 0.2) is 5.65 Å². The fourth-order valence-corrected chi connectivity index (χ4v) is 2.78. The molecule has 0 aliphatic heterocycles. The number of rotatable bonds is 1. The summed E-state index contributed by atoms with van der Waals surface area (Å²) in [6.07, 6.45) is 13.0. The largest absolute Gasteiger partial charge is 0.367 e. The lowest BCUT2D eigenvalue weighted by Crippen LogP contribution is -2.04. The molecule has 0 unspecified atom stereocenters. The number of pyridine rings is 1. The van der Waals surface area contributed by atoms with Crippen LogP contribution in [0, 0.1) is 5.92 Å². The van der Waals surface area contributed by atoms with E-state index in [9.17, 15) is 0 Å². The zero-order valence-corrected chi connectivity index (χ0v) is 14.0. The molecular formula is C18H19N7. The second kappa shape index (κ2) is 6.43. The molecule has 0 radical (unpaired) electrons. The fraction of sp³-hybridized carbons (Fsp3) is 0.278. The number of nitrogen functional groups attached to an aromatic ring is 1. The SMILES string of the molecule is CC1CCC1.Nc1ncc2c(-c3cnc4nccnc4c3)ccn2n1. The van der Waals surface area contributed by atoms with Gasteiger partial charge in [0, 0.05) is 35.9 Å². The zero-order chi connectivity index (χ0) is 17.2. The van der Waals surface area contributed by atoms with Crippen molar-refractivity contribution in [1.29, 1.82) is 0 Å². The second-order valence-corrected chi connectivity index (χ2v) is 6.33. The van der Waals surface area contributed by atoms with Gasteiger partial charge in [-0.3, -0.25) is 4.98 Å². The Hall–Kier alpha value is -3.09. The van der Waals surface area contributed by atoms with Gasteiger partial charge in [0.2, 0.25) is 5.95 Å². The van der Waals surface area contributed by atoms with Crippen LogP contribution < -0.4 is 5.73 Å². The predicted molar refractivity (Wildman–Crippen MR) is 96.7 cm³/mol. The maximum atomic E-state index is 5.57. The Kier molecular flexibility index (Phi) is 3.97. The van der Waals surface area contributed by atoms with Crippen molar-refractivity contribution in [3.63, 3.8) is 0 Å². The highest BCUT2D eigenvalue weighted by atomic mass is 15.3. The first-order chi connectivity index (χ1) is 12.2. The number of fused-ring (bicyclic) bond motifs is 2. The van der Waals surface area contributed by atoms with Crippen LogP contribution in [-0.4, -0.2) is 29.5 Å². The van der Waals surface area contributed by atoms with Crippen molar-refractivity contribution in [1.82, 2.24) is 29.5 Å². The highest BCUT2D eigenvalue weighted by Gasteiger charge is 2.09. The summed E-state index contributed by atoms with van der Waals surface area (Å²) in [5.74, 6) is 1.30. The summed E-state index contributed by atoms with van der Waals surface area (Å²) in [7, 11) is 0. The Labute approximate surface area is 145 Å². The molecule has 1 saturated carbocycles. The van der Waals surface area contributed by atoms with E-state index < -0.39 is 0 Å². The van der Waals surface area contributed by atoms with Crippen molar-refractivity contribution in [2.45, 2.75) is 26.2 Å². The third-order valence-corrected chi connectivity index (χ3v) is 4.46. The minimum Gasteiger partial charge on any atom is -0.367 e. The highest BCUT2D eigenvalue weighted by Crippen LogP contribution is 2.26. The molecule has 4 aromatic rings. The normalized spacial score (nSPS) is 14.1. The van der Waals surface area contributed by atoms with Crippen molar-refractivity contribution >= 4 is 22.6 Å². The second-order valence-electron chi connectivity index (χ2n) is 6.33. The van der Waals surface area contributed by atoms with Crippen LogP contribution in [0.15, 0.2) is 43.1 Å². The van der Waals surface area contributed by atoms with E-state index in [-0.39, 0.29) is 5.95 Å². The van der Waals surface area contributed by atoms with Crippen LogP contribution in [0.1, 0.15) is 26.2 Å². The molecule has 0 spiro atoms. The summed E-state index contributed by atoms with van der Waals surface area (Å²) in [5.41, 5.74) is 9.73. The Morgan fingerprint density at radius 1 is 1.08 bits per heavy atom. The van der Waals surface area contributed by atoms with E-state index in [2.05, 4.69) is 32.0 Å². The lowest BCUT2D eigenvalue weighted by Gasteiger charge is -2.18. The molecule has 5 rings (SSSR count). The van der Waals surface area contributed by atoms with E-state index >= 15 is 0 Å². The van der Waals surface area contributed by atoms with Crippen LogP contribution in [0.5, 0.6) is 0 Å². The standard InChI is InChI=1S/C13H9N7.C5H10/c14-13-18-7-11-9(1-4-20(11)19-13)8-5-10-12(17-6-8)16-3-2-15-10;1-5-3-2-4-5/h1-7H,(H2,14,19);5H,2-4H2,1H3. The molecule has 4 heterocycles. The topological polar surface area (TPSA) is 94.9 Å². The summed E-state index contributed by atoms with van der Waals surface area (Å²) in [5, 5.41) is 4.12. The highest BCUT2D eigenvalue weighted by molar-refractivity contribution is 5.84. The first-order valence-corrected chi connectivity index (χ1v) is 8.38. The lowest BCUT2D eigenvalue weighted by molar-refractivity contribution is 0.346. The van der Waals surface area contributed by atoms with Crippen LogP contribution in [-0.2, 0) is 0 Å². The Bertz CT molecular complexity index is 1020. The number of aromatic nitrogens is 6. The van der Waals surface area contributed by atoms with Gasteiger partial charge < -0.3 is 5.73 Å². The van der Waals surface area contributed by atoms with Crippen molar-refractivity contribution in [3.05, 3.63) is 43.1 Å². The molecule has 0 bridgehead atoms. The van der Waals surface area contributed by atoms with E-state index in [0.717, 1.165) is 28.1 Å². The molecule has 0 atom stereocenters. The maximum absolute atomic E-state index is 5.57. The quantitative estimate of drug-likeness (QED) is 0.575. The van der Waals surface area contributed by atoms with Gasteiger partial charge in [0.05, 0.1) is 11.7 Å². The average Bonchev–Trinajstić information content (AvgIpc) is 3.03. The van der Waals surface area contributed by atoms with Crippen LogP contribution >= 0.6 is 0 Å². The van der Waals surface area contributed by atoms with Gasteiger partial charge >= 0.3 is 0 Å². The molecule has 0 aromatic carbocycles. The molecule has 126 valence electrons. The summed E-state index contributed by atoms with van der Waals surface area (Å²) in [4.78, 5) is 16.8. The van der Waals surface area contributed by atoms with Crippen LogP contribution in [0.4, 0.5) is 5.95 Å². The van der Waals surface area contributed by atoms with Crippen molar-refractivity contribution in [3.8, 4) is 11.1 Å². The Balaban J connectivity index is 0.000000272. The third kappa shape index (κ3) is 3.13. The summed E-state index contributed by atoms with van der Waals surface area (Å²) < 4.78 is 1.69.